The second-order valence-corrected chi connectivity index (χ2v) is 6.37. The molecule has 0 radical (unpaired) electrons. The zero-order chi connectivity index (χ0) is 12.1. The van der Waals surface area contributed by atoms with Gasteiger partial charge in [-0.15, -0.1) is 0 Å². The first-order valence-corrected chi connectivity index (χ1v) is 7.04. The van der Waals surface area contributed by atoms with E-state index in [0.29, 0.717) is 12.5 Å². The summed E-state index contributed by atoms with van der Waals surface area (Å²) in [5.74, 6) is 0.532. The molecule has 0 aliphatic rings. The van der Waals surface area contributed by atoms with Crippen LogP contribution in [0.1, 0.15) is 34.1 Å². The zero-order valence-electron chi connectivity index (χ0n) is 10.1. The quantitative estimate of drug-likeness (QED) is 0.727. The Balaban J connectivity index is 3.76. The van der Waals surface area contributed by atoms with Gasteiger partial charge in [-0.3, -0.25) is 0 Å². The van der Waals surface area contributed by atoms with Crippen LogP contribution in [0.5, 0.6) is 0 Å². The highest BCUT2D eigenvalue weighted by Gasteiger charge is 2.13. The summed E-state index contributed by atoms with van der Waals surface area (Å²) in [6.45, 7) is 8.54. The van der Waals surface area contributed by atoms with E-state index >= 15 is 0 Å². The molecule has 0 saturated carbocycles. The van der Waals surface area contributed by atoms with Crippen LogP contribution < -0.4 is 5.14 Å². The van der Waals surface area contributed by atoms with Crippen molar-refractivity contribution in [1.29, 1.82) is 0 Å². The van der Waals surface area contributed by atoms with Crippen LogP contribution in [0.3, 0.4) is 0 Å². The highest BCUT2D eigenvalue weighted by atomic mass is 32.2. The van der Waals surface area contributed by atoms with Crippen LogP contribution in [0, 0.1) is 11.8 Å². The van der Waals surface area contributed by atoms with Crippen LogP contribution in [0.4, 0.5) is 0 Å². The zero-order valence-corrected chi connectivity index (χ0v) is 10.9. The predicted octanol–water partition coefficient (Wildman–Crippen LogP) is 1.36. The molecule has 0 aliphatic carbocycles. The van der Waals surface area contributed by atoms with Crippen molar-refractivity contribution < 1.29 is 13.2 Å². The lowest BCUT2D eigenvalue weighted by molar-refractivity contribution is 0.0357. The first-order chi connectivity index (χ1) is 6.70. The van der Waals surface area contributed by atoms with Gasteiger partial charge in [0.2, 0.25) is 10.0 Å². The van der Waals surface area contributed by atoms with Gasteiger partial charge in [0.25, 0.3) is 0 Å². The lowest BCUT2D eigenvalue weighted by Gasteiger charge is -2.17. The molecule has 0 rings (SSSR count). The van der Waals surface area contributed by atoms with Crippen LogP contribution in [0.25, 0.3) is 0 Å². The molecule has 2 unspecified atom stereocenters. The van der Waals surface area contributed by atoms with Gasteiger partial charge in [0.15, 0.2) is 0 Å². The molecule has 92 valence electrons. The first-order valence-electron chi connectivity index (χ1n) is 5.32. The maximum absolute atomic E-state index is 10.8. The van der Waals surface area contributed by atoms with Crippen molar-refractivity contribution in [3.8, 4) is 0 Å². The number of rotatable bonds is 7. The molecular formula is C10H23NO3S. The second kappa shape index (κ2) is 6.45. The average Bonchev–Trinajstić information content (AvgIpc) is 1.96. The Kier molecular flexibility index (Phi) is 6.40. The molecule has 0 aliphatic heterocycles. The molecule has 5 heteroatoms. The van der Waals surface area contributed by atoms with E-state index in [2.05, 4.69) is 13.8 Å². The van der Waals surface area contributed by atoms with E-state index in [4.69, 9.17) is 9.88 Å². The maximum atomic E-state index is 10.8. The lowest BCUT2D eigenvalue weighted by atomic mass is 10.1. The minimum Gasteiger partial charge on any atom is -0.378 e. The molecule has 0 saturated heterocycles. The van der Waals surface area contributed by atoms with Gasteiger partial charge in [0.1, 0.15) is 0 Å². The van der Waals surface area contributed by atoms with Crippen LogP contribution in [0.15, 0.2) is 0 Å². The average molecular weight is 237 g/mol. The van der Waals surface area contributed by atoms with Gasteiger partial charge < -0.3 is 4.74 Å². The van der Waals surface area contributed by atoms with Crippen molar-refractivity contribution in [2.24, 2.45) is 17.0 Å². The molecular weight excluding hydrogens is 214 g/mol. The van der Waals surface area contributed by atoms with E-state index in [1.54, 1.807) is 0 Å². The van der Waals surface area contributed by atoms with E-state index in [1.165, 1.54) is 0 Å². The molecule has 2 N–H and O–H groups in total. The number of primary sulfonamides is 1. The predicted molar refractivity (Wildman–Crippen MR) is 62.0 cm³/mol. The largest absolute Gasteiger partial charge is 0.378 e. The fraction of sp³-hybridized carbons (Fsp3) is 1.00. The van der Waals surface area contributed by atoms with Gasteiger partial charge in [0.05, 0.1) is 18.5 Å². The van der Waals surface area contributed by atoms with Crippen molar-refractivity contribution in [3.05, 3.63) is 0 Å². The summed E-state index contributed by atoms with van der Waals surface area (Å²) in [5.41, 5.74) is 0. The Morgan fingerprint density at radius 3 is 2.13 bits per heavy atom. The molecule has 0 fully saturated rings. The molecule has 2 atom stereocenters. The van der Waals surface area contributed by atoms with Crippen molar-refractivity contribution in [2.75, 3.05) is 12.4 Å². The van der Waals surface area contributed by atoms with Gasteiger partial charge >= 0.3 is 0 Å². The van der Waals surface area contributed by atoms with E-state index < -0.39 is 10.0 Å². The third-order valence-corrected chi connectivity index (χ3v) is 3.02. The van der Waals surface area contributed by atoms with E-state index in [0.717, 1.165) is 6.42 Å². The van der Waals surface area contributed by atoms with E-state index in [9.17, 15) is 8.42 Å². The molecule has 0 aromatic rings. The maximum Gasteiger partial charge on any atom is 0.209 e. The minimum atomic E-state index is -3.37. The number of ether oxygens (including phenoxy) is 1. The smallest absolute Gasteiger partial charge is 0.209 e. The topological polar surface area (TPSA) is 69.4 Å². The molecule has 0 heterocycles. The van der Waals surface area contributed by atoms with E-state index in [1.807, 2.05) is 13.8 Å². The summed E-state index contributed by atoms with van der Waals surface area (Å²) in [5, 5.41) is 4.94. The minimum absolute atomic E-state index is 0.0125. The van der Waals surface area contributed by atoms with Crippen molar-refractivity contribution in [3.63, 3.8) is 0 Å². The van der Waals surface area contributed by atoms with Crippen LogP contribution in [0.2, 0.25) is 0 Å². The summed E-state index contributed by atoms with van der Waals surface area (Å²) in [6, 6.07) is 0. The molecule has 0 bridgehead atoms. The Morgan fingerprint density at radius 2 is 1.73 bits per heavy atom. The molecule has 4 nitrogen and oxygen atoms in total. The number of hydrogen-bond donors (Lipinski definition) is 1. The lowest BCUT2D eigenvalue weighted by Crippen LogP contribution is -2.25. The van der Waals surface area contributed by atoms with Gasteiger partial charge in [-0.1, -0.05) is 20.8 Å². The summed E-state index contributed by atoms with van der Waals surface area (Å²) in [4.78, 5) is 0. The Labute approximate surface area is 93.2 Å². The van der Waals surface area contributed by atoms with Crippen molar-refractivity contribution in [1.82, 2.24) is 0 Å². The molecule has 0 aromatic carbocycles. The number of sulfonamides is 1. The van der Waals surface area contributed by atoms with Gasteiger partial charge in [-0.05, 0) is 25.2 Å². The summed E-state index contributed by atoms with van der Waals surface area (Å²) in [6.07, 6.45) is 1.16. The summed E-state index contributed by atoms with van der Waals surface area (Å²) in [7, 11) is -3.37. The Hall–Kier alpha value is -0.130. The first kappa shape index (κ1) is 14.9. The van der Waals surface area contributed by atoms with Crippen molar-refractivity contribution >= 4 is 10.0 Å². The molecule has 15 heavy (non-hydrogen) atoms. The number of hydrogen-bond acceptors (Lipinski definition) is 3. The fourth-order valence-corrected chi connectivity index (χ4v) is 2.39. The third-order valence-electron chi connectivity index (χ3n) is 1.99. The monoisotopic (exact) mass is 237 g/mol. The Morgan fingerprint density at radius 1 is 1.20 bits per heavy atom. The normalized spacial score (nSPS) is 16.7. The van der Waals surface area contributed by atoms with Crippen molar-refractivity contribution in [2.45, 2.75) is 40.2 Å². The standard InChI is InChI=1S/C10H23NO3S/c1-8(2)5-10(4)14-6-9(3)7-15(11,12)13/h8-10H,5-7H2,1-4H3,(H2,11,12,13). The van der Waals surface area contributed by atoms with Crippen LogP contribution in [-0.4, -0.2) is 26.9 Å². The number of nitrogens with two attached hydrogens (primary N) is 1. The van der Waals surface area contributed by atoms with Crippen LogP contribution in [-0.2, 0) is 14.8 Å². The SMILES string of the molecule is CC(C)CC(C)OCC(C)CS(N)(=O)=O. The van der Waals surface area contributed by atoms with E-state index in [-0.39, 0.29) is 17.8 Å². The highest BCUT2D eigenvalue weighted by Crippen LogP contribution is 2.09. The molecule has 0 aromatic heterocycles. The van der Waals surface area contributed by atoms with Gasteiger partial charge in [0, 0.05) is 0 Å². The highest BCUT2D eigenvalue weighted by molar-refractivity contribution is 7.89. The Bertz CT molecular complexity index is 262. The second-order valence-electron chi connectivity index (χ2n) is 4.71. The van der Waals surface area contributed by atoms with Gasteiger partial charge in [-0.25, -0.2) is 13.6 Å². The third kappa shape index (κ3) is 10.2. The molecule has 0 amide bonds. The van der Waals surface area contributed by atoms with Gasteiger partial charge in [-0.2, -0.15) is 0 Å². The van der Waals surface area contributed by atoms with Crippen LogP contribution >= 0.6 is 0 Å². The molecule has 0 spiro atoms. The summed E-state index contributed by atoms with van der Waals surface area (Å²) >= 11 is 0. The fourth-order valence-electron chi connectivity index (χ4n) is 1.51. The summed E-state index contributed by atoms with van der Waals surface area (Å²) < 4.78 is 27.1.